The lowest BCUT2D eigenvalue weighted by Gasteiger charge is -2.17. The first-order chi connectivity index (χ1) is 8.52. The minimum atomic E-state index is -0.142. The molecule has 1 aromatic rings. The van der Waals surface area contributed by atoms with E-state index in [9.17, 15) is 4.79 Å². The van der Waals surface area contributed by atoms with Crippen molar-refractivity contribution in [2.24, 2.45) is 11.8 Å². The Bertz CT molecular complexity index is 462. The normalized spacial score (nSPS) is 23.2. The Balaban J connectivity index is 2.16. The van der Waals surface area contributed by atoms with Crippen LogP contribution in [0.3, 0.4) is 0 Å². The monoisotopic (exact) mass is 249 g/mol. The van der Waals surface area contributed by atoms with Gasteiger partial charge in [0.25, 0.3) is 0 Å². The highest BCUT2D eigenvalue weighted by atomic mass is 16.5. The average Bonchev–Trinajstić information content (AvgIpc) is 2.74. The second-order valence-electron chi connectivity index (χ2n) is 4.86. The molecule has 5 heteroatoms. The summed E-state index contributed by atoms with van der Waals surface area (Å²) < 4.78 is 4.83. The number of pyridine rings is 1. The molecule has 2 N–H and O–H groups in total. The van der Waals surface area contributed by atoms with Crippen LogP contribution in [0.5, 0.6) is 0 Å². The number of nitrogen functional groups attached to an aromatic ring is 1. The van der Waals surface area contributed by atoms with Crippen LogP contribution >= 0.6 is 0 Å². The fourth-order valence-corrected chi connectivity index (χ4v) is 2.35. The Morgan fingerprint density at radius 3 is 2.83 bits per heavy atom. The fraction of sp³-hybridized carbons (Fsp3) is 0.538. The van der Waals surface area contributed by atoms with Crippen LogP contribution in [0.2, 0.25) is 0 Å². The third kappa shape index (κ3) is 2.25. The van der Waals surface area contributed by atoms with Gasteiger partial charge < -0.3 is 15.4 Å². The molecular formula is C13H19N3O2. The Morgan fingerprint density at radius 1 is 1.50 bits per heavy atom. The summed E-state index contributed by atoms with van der Waals surface area (Å²) in [6.07, 6.45) is 0. The molecule has 2 rings (SSSR count). The molecule has 0 spiro atoms. The molecule has 0 radical (unpaired) electrons. The number of aryl methyl sites for hydroxylation is 1. The Hall–Kier alpha value is -1.78. The number of nitrogens with zero attached hydrogens (tertiary/aromatic N) is 2. The van der Waals surface area contributed by atoms with E-state index < -0.39 is 0 Å². The van der Waals surface area contributed by atoms with E-state index in [1.807, 2.05) is 19.1 Å². The summed E-state index contributed by atoms with van der Waals surface area (Å²) in [5.74, 6) is 0.934. The standard InChI is InChI=1S/C13H19N3O2/c1-8-6-16(7-10(8)13(17)18-3)12-5-4-11(14)9(2)15-12/h4-5,8,10H,6-7,14H2,1-3H3. The van der Waals surface area contributed by atoms with E-state index in [4.69, 9.17) is 10.5 Å². The van der Waals surface area contributed by atoms with Crippen LogP contribution in [0.4, 0.5) is 11.5 Å². The maximum atomic E-state index is 11.6. The quantitative estimate of drug-likeness (QED) is 0.798. The molecule has 0 aliphatic carbocycles. The minimum Gasteiger partial charge on any atom is -0.469 e. The van der Waals surface area contributed by atoms with Crippen molar-refractivity contribution in [3.8, 4) is 0 Å². The van der Waals surface area contributed by atoms with E-state index in [0.29, 0.717) is 12.2 Å². The Morgan fingerprint density at radius 2 is 2.22 bits per heavy atom. The van der Waals surface area contributed by atoms with Crippen LogP contribution in [-0.4, -0.2) is 31.2 Å². The number of aromatic nitrogens is 1. The van der Waals surface area contributed by atoms with Crippen LogP contribution in [0, 0.1) is 18.8 Å². The first-order valence-electron chi connectivity index (χ1n) is 6.08. The van der Waals surface area contributed by atoms with Crippen molar-refractivity contribution in [2.75, 3.05) is 30.8 Å². The summed E-state index contributed by atoms with van der Waals surface area (Å²) in [4.78, 5) is 18.2. The number of ether oxygens (including phenoxy) is 1. The molecule has 18 heavy (non-hydrogen) atoms. The first kappa shape index (κ1) is 12.7. The molecule has 0 amide bonds. The van der Waals surface area contributed by atoms with Crippen LogP contribution in [0.1, 0.15) is 12.6 Å². The van der Waals surface area contributed by atoms with E-state index in [-0.39, 0.29) is 17.8 Å². The highest BCUT2D eigenvalue weighted by molar-refractivity contribution is 5.74. The van der Waals surface area contributed by atoms with Gasteiger partial charge in [-0.2, -0.15) is 0 Å². The summed E-state index contributed by atoms with van der Waals surface area (Å²) in [7, 11) is 1.43. The van der Waals surface area contributed by atoms with Gasteiger partial charge in [0.15, 0.2) is 0 Å². The number of hydrogen-bond acceptors (Lipinski definition) is 5. The highest BCUT2D eigenvalue weighted by Crippen LogP contribution is 2.28. The van der Waals surface area contributed by atoms with Crippen molar-refractivity contribution >= 4 is 17.5 Å². The van der Waals surface area contributed by atoms with E-state index >= 15 is 0 Å². The van der Waals surface area contributed by atoms with Crippen LogP contribution in [-0.2, 0) is 9.53 Å². The van der Waals surface area contributed by atoms with Gasteiger partial charge in [0, 0.05) is 13.1 Å². The molecule has 2 heterocycles. The number of carbonyl (C=O) groups excluding carboxylic acids is 1. The van der Waals surface area contributed by atoms with Crippen molar-refractivity contribution < 1.29 is 9.53 Å². The highest BCUT2D eigenvalue weighted by Gasteiger charge is 2.36. The topological polar surface area (TPSA) is 68.5 Å². The lowest BCUT2D eigenvalue weighted by atomic mass is 9.99. The number of carbonyl (C=O) groups is 1. The Kier molecular flexibility index (Phi) is 3.41. The predicted octanol–water partition coefficient (Wildman–Crippen LogP) is 1.22. The summed E-state index contributed by atoms with van der Waals surface area (Å²) in [5, 5.41) is 0. The molecule has 1 aliphatic heterocycles. The number of esters is 1. The van der Waals surface area contributed by atoms with Crippen molar-refractivity contribution in [1.29, 1.82) is 0 Å². The van der Waals surface area contributed by atoms with Crippen molar-refractivity contribution in [3.05, 3.63) is 17.8 Å². The second kappa shape index (κ2) is 4.84. The maximum absolute atomic E-state index is 11.6. The number of rotatable bonds is 2. The fourth-order valence-electron chi connectivity index (χ4n) is 2.35. The molecule has 0 bridgehead atoms. The summed E-state index contributed by atoms with van der Waals surface area (Å²) >= 11 is 0. The van der Waals surface area contributed by atoms with Crippen LogP contribution in [0.15, 0.2) is 12.1 Å². The van der Waals surface area contributed by atoms with Crippen molar-refractivity contribution in [2.45, 2.75) is 13.8 Å². The third-order valence-corrected chi connectivity index (χ3v) is 3.55. The molecule has 1 saturated heterocycles. The molecule has 1 aliphatic rings. The minimum absolute atomic E-state index is 0.0744. The van der Waals surface area contributed by atoms with E-state index in [1.165, 1.54) is 7.11 Å². The van der Waals surface area contributed by atoms with Gasteiger partial charge in [0.2, 0.25) is 0 Å². The molecule has 1 fully saturated rings. The van der Waals surface area contributed by atoms with Gasteiger partial charge in [-0.1, -0.05) is 6.92 Å². The molecule has 2 unspecified atom stereocenters. The number of hydrogen-bond donors (Lipinski definition) is 1. The SMILES string of the molecule is COC(=O)C1CN(c2ccc(N)c(C)n2)CC1C. The maximum Gasteiger partial charge on any atom is 0.310 e. The predicted molar refractivity (Wildman–Crippen MR) is 70.3 cm³/mol. The zero-order chi connectivity index (χ0) is 13.3. The first-order valence-corrected chi connectivity index (χ1v) is 6.08. The lowest BCUT2D eigenvalue weighted by molar-refractivity contribution is -0.145. The van der Waals surface area contributed by atoms with Crippen LogP contribution in [0.25, 0.3) is 0 Å². The number of nitrogens with two attached hydrogens (primary N) is 1. The smallest absolute Gasteiger partial charge is 0.310 e. The van der Waals surface area contributed by atoms with Crippen molar-refractivity contribution in [3.63, 3.8) is 0 Å². The molecule has 5 nitrogen and oxygen atoms in total. The largest absolute Gasteiger partial charge is 0.469 e. The molecular weight excluding hydrogens is 230 g/mol. The summed E-state index contributed by atoms with van der Waals surface area (Å²) in [6, 6.07) is 3.75. The average molecular weight is 249 g/mol. The van der Waals surface area contributed by atoms with Gasteiger partial charge in [-0.05, 0) is 25.0 Å². The van der Waals surface area contributed by atoms with Crippen LogP contribution < -0.4 is 10.6 Å². The van der Waals surface area contributed by atoms with Crippen molar-refractivity contribution in [1.82, 2.24) is 4.98 Å². The third-order valence-electron chi connectivity index (χ3n) is 3.55. The van der Waals surface area contributed by atoms with E-state index in [1.54, 1.807) is 0 Å². The zero-order valence-corrected chi connectivity index (χ0v) is 11.0. The zero-order valence-electron chi connectivity index (χ0n) is 11.0. The Labute approximate surface area is 107 Å². The van der Waals surface area contributed by atoms with E-state index in [0.717, 1.165) is 18.1 Å². The number of anilines is 2. The number of methoxy groups -OCH3 is 1. The van der Waals surface area contributed by atoms with Gasteiger partial charge >= 0.3 is 5.97 Å². The lowest BCUT2D eigenvalue weighted by Crippen LogP contribution is -2.25. The molecule has 1 aromatic heterocycles. The molecule has 98 valence electrons. The van der Waals surface area contributed by atoms with Gasteiger partial charge in [-0.15, -0.1) is 0 Å². The molecule has 0 saturated carbocycles. The van der Waals surface area contributed by atoms with Gasteiger partial charge in [-0.25, -0.2) is 4.98 Å². The molecule has 2 atom stereocenters. The van der Waals surface area contributed by atoms with Gasteiger partial charge in [0.05, 0.1) is 24.4 Å². The van der Waals surface area contributed by atoms with Gasteiger partial charge in [-0.3, -0.25) is 4.79 Å². The van der Waals surface area contributed by atoms with Gasteiger partial charge in [0.1, 0.15) is 5.82 Å². The second-order valence-corrected chi connectivity index (χ2v) is 4.86. The van der Waals surface area contributed by atoms with E-state index in [2.05, 4.69) is 16.8 Å². The summed E-state index contributed by atoms with van der Waals surface area (Å²) in [6.45, 7) is 5.42. The summed E-state index contributed by atoms with van der Waals surface area (Å²) in [5.41, 5.74) is 7.27. The molecule has 0 aromatic carbocycles.